The maximum atomic E-state index is 12.9. The molecule has 1 saturated heterocycles. The van der Waals surface area contributed by atoms with Gasteiger partial charge in [-0.05, 0) is 61.3 Å². The third kappa shape index (κ3) is 8.67. The Morgan fingerprint density at radius 1 is 1.18 bits per heavy atom. The highest BCUT2D eigenvalue weighted by molar-refractivity contribution is 7.99. The second-order valence-electron chi connectivity index (χ2n) is 11.8. The molecule has 0 aromatic heterocycles. The van der Waals surface area contributed by atoms with Gasteiger partial charge in [-0.2, -0.15) is 11.8 Å². The first-order chi connectivity index (χ1) is 21.4. The van der Waals surface area contributed by atoms with Crippen LogP contribution in [0.5, 0.6) is 11.5 Å². The second-order valence-corrected chi connectivity index (χ2v) is 13.0. The van der Waals surface area contributed by atoms with Crippen LogP contribution < -0.4 is 25.8 Å². The van der Waals surface area contributed by atoms with Crippen LogP contribution in [-0.4, -0.2) is 90.2 Å². The number of rotatable bonds is 17. The average molecular weight is 652 g/mol. The number of amides is 2. The van der Waals surface area contributed by atoms with Crippen LogP contribution in [0.4, 0.5) is 0 Å². The van der Waals surface area contributed by atoms with E-state index in [0.717, 1.165) is 24.7 Å². The number of nitrogens with two attached hydrogens (primary N) is 1. The molecule has 45 heavy (non-hydrogen) atoms. The van der Waals surface area contributed by atoms with Crippen LogP contribution >= 0.6 is 11.8 Å². The Hall–Kier alpha value is -3.36. The van der Waals surface area contributed by atoms with Crippen LogP contribution in [0, 0.1) is 23.7 Å². The van der Waals surface area contributed by atoms with E-state index in [0.29, 0.717) is 23.7 Å². The quantitative estimate of drug-likeness (QED) is 0.121. The van der Waals surface area contributed by atoms with Crippen molar-refractivity contribution in [3.05, 3.63) is 23.8 Å². The molecule has 1 heterocycles. The first kappa shape index (κ1) is 36.1. The van der Waals surface area contributed by atoms with Gasteiger partial charge >= 0.3 is 11.9 Å². The Morgan fingerprint density at radius 3 is 2.53 bits per heavy atom. The Bertz CT molecular complexity index is 1230. The minimum absolute atomic E-state index is 0.00372. The van der Waals surface area contributed by atoms with Crippen molar-refractivity contribution < 1.29 is 48.4 Å². The summed E-state index contributed by atoms with van der Waals surface area (Å²) in [7, 11) is 3.17. The van der Waals surface area contributed by atoms with Crippen molar-refractivity contribution in [1.29, 1.82) is 0 Å². The molecule has 6 N–H and O–H groups in total. The molecular weight excluding hydrogens is 606 g/mol. The zero-order valence-corrected chi connectivity index (χ0v) is 27.0. The molecule has 1 saturated carbocycles. The molecule has 1 aliphatic heterocycles. The minimum atomic E-state index is -1.24. The van der Waals surface area contributed by atoms with Crippen molar-refractivity contribution in [2.24, 2.45) is 29.4 Å². The minimum Gasteiger partial charge on any atom is -0.497 e. The van der Waals surface area contributed by atoms with Gasteiger partial charge in [0.05, 0.1) is 20.3 Å². The fourth-order valence-electron chi connectivity index (χ4n) is 6.65. The third-order valence-corrected chi connectivity index (χ3v) is 10.2. The summed E-state index contributed by atoms with van der Waals surface area (Å²) in [5.74, 6) is -1.57. The molecule has 0 unspecified atom stereocenters. The SMILES string of the molecule is COc1ccc([C@@H]2O[C@@]3(C=O)[C@@H](CC[C@@H](C)[C@@H]3CCSC[C@H](NC(=O)CC[C@H](N)C(=O)O)C(=O)NCC(=O)O)[C@H]2C)c(OC)c1. The number of ether oxygens (including phenoxy) is 3. The normalized spacial score (nSPS) is 27.0. The number of nitrogens with one attached hydrogen (secondary N) is 2. The first-order valence-corrected chi connectivity index (χ1v) is 16.2. The van der Waals surface area contributed by atoms with Gasteiger partial charge in [-0.25, -0.2) is 0 Å². The van der Waals surface area contributed by atoms with Gasteiger partial charge in [0.15, 0.2) is 6.29 Å². The molecule has 0 spiro atoms. The van der Waals surface area contributed by atoms with Crippen molar-refractivity contribution in [3.8, 4) is 11.5 Å². The van der Waals surface area contributed by atoms with Gasteiger partial charge in [0, 0.05) is 29.7 Å². The molecule has 3 rings (SSSR count). The lowest BCUT2D eigenvalue weighted by Gasteiger charge is -2.45. The number of aliphatic carboxylic acids is 2. The number of aldehydes is 1. The number of carboxylic acid groups (broad SMARTS) is 2. The van der Waals surface area contributed by atoms with Crippen LogP contribution in [0.1, 0.15) is 57.6 Å². The van der Waals surface area contributed by atoms with Gasteiger partial charge in [0.25, 0.3) is 0 Å². The summed E-state index contributed by atoms with van der Waals surface area (Å²) in [5, 5.41) is 22.8. The van der Waals surface area contributed by atoms with E-state index in [4.69, 9.17) is 30.2 Å². The van der Waals surface area contributed by atoms with E-state index >= 15 is 0 Å². The lowest BCUT2D eigenvalue weighted by Crippen LogP contribution is -2.52. The van der Waals surface area contributed by atoms with E-state index in [1.165, 1.54) is 11.8 Å². The number of carbonyl (C=O) groups excluding carboxylic acids is 3. The number of thioether (sulfide) groups is 1. The number of fused-ring (bicyclic) bond motifs is 1. The summed E-state index contributed by atoms with van der Waals surface area (Å²) < 4.78 is 17.8. The van der Waals surface area contributed by atoms with Gasteiger partial charge in [-0.15, -0.1) is 0 Å². The van der Waals surface area contributed by atoms with E-state index in [1.807, 2.05) is 12.1 Å². The predicted octanol–water partition coefficient (Wildman–Crippen LogP) is 2.01. The third-order valence-electron chi connectivity index (χ3n) is 9.08. The molecule has 1 aromatic carbocycles. The maximum absolute atomic E-state index is 12.9. The molecule has 8 atom stereocenters. The Labute approximate surface area is 267 Å². The van der Waals surface area contributed by atoms with E-state index < -0.39 is 48.0 Å². The molecule has 2 amide bonds. The molecule has 1 aromatic rings. The van der Waals surface area contributed by atoms with Crippen LogP contribution in [0.25, 0.3) is 0 Å². The fourth-order valence-corrected chi connectivity index (χ4v) is 7.70. The molecule has 2 fully saturated rings. The van der Waals surface area contributed by atoms with Crippen molar-refractivity contribution in [1.82, 2.24) is 10.6 Å². The molecule has 250 valence electrons. The molecular formula is C31H45N3O10S. The Morgan fingerprint density at radius 2 is 1.91 bits per heavy atom. The summed E-state index contributed by atoms with van der Waals surface area (Å²) in [5.41, 5.74) is 5.34. The van der Waals surface area contributed by atoms with Crippen LogP contribution in [0.15, 0.2) is 18.2 Å². The number of hydrogen-bond acceptors (Lipinski definition) is 10. The molecule has 2 aliphatic rings. The number of carbonyl (C=O) groups is 5. The molecule has 0 radical (unpaired) electrons. The summed E-state index contributed by atoms with van der Waals surface area (Å²) in [4.78, 5) is 60.1. The number of carboxylic acids is 2. The highest BCUT2D eigenvalue weighted by atomic mass is 32.2. The average Bonchev–Trinajstić information content (AvgIpc) is 3.32. The van der Waals surface area contributed by atoms with Gasteiger partial charge in [-0.1, -0.05) is 13.8 Å². The first-order valence-electron chi connectivity index (χ1n) is 15.1. The lowest BCUT2D eigenvalue weighted by atomic mass is 9.61. The standard InChI is InChI=1S/C31H45N3O10S/c1-17-5-8-22-18(2)28(20-7-6-19(42-3)13-25(20)43-4)44-31(22,16-35)21(17)11-12-45-15-24(29(39)33-14-27(37)38)34-26(36)10-9-23(32)30(40)41/h6-7,13,16-18,21-24,28H,5,8-12,14-15,32H2,1-4H3,(H,33,39)(H,34,36)(H,37,38)(H,40,41)/t17-,18-,21+,22+,23+,24+,28-,31-/m1/s1. The van der Waals surface area contributed by atoms with Crippen molar-refractivity contribution >= 4 is 41.8 Å². The lowest BCUT2D eigenvalue weighted by molar-refractivity contribution is -0.154. The molecule has 0 bridgehead atoms. The fraction of sp³-hybridized carbons (Fsp3) is 0.645. The van der Waals surface area contributed by atoms with Gasteiger partial charge in [0.2, 0.25) is 11.8 Å². The summed E-state index contributed by atoms with van der Waals surface area (Å²) in [6.45, 7) is 3.62. The van der Waals surface area contributed by atoms with Gasteiger partial charge in [-0.3, -0.25) is 19.2 Å². The van der Waals surface area contributed by atoms with Crippen LogP contribution in [0.3, 0.4) is 0 Å². The second kappa shape index (κ2) is 16.3. The molecule has 14 heteroatoms. The van der Waals surface area contributed by atoms with Crippen molar-refractivity contribution in [2.45, 2.75) is 69.7 Å². The number of benzene rings is 1. The predicted molar refractivity (Wildman–Crippen MR) is 166 cm³/mol. The topological polar surface area (TPSA) is 204 Å². The van der Waals surface area contributed by atoms with Gasteiger partial charge < -0.3 is 45.6 Å². The van der Waals surface area contributed by atoms with E-state index in [2.05, 4.69) is 24.5 Å². The zero-order chi connectivity index (χ0) is 33.3. The zero-order valence-electron chi connectivity index (χ0n) is 26.2. The largest absolute Gasteiger partial charge is 0.497 e. The van der Waals surface area contributed by atoms with E-state index in [-0.39, 0.29) is 48.4 Å². The maximum Gasteiger partial charge on any atom is 0.322 e. The highest BCUT2D eigenvalue weighted by Gasteiger charge is 2.60. The Kier molecular flexibility index (Phi) is 13.1. The highest BCUT2D eigenvalue weighted by Crippen LogP contribution is 2.58. The summed E-state index contributed by atoms with van der Waals surface area (Å²) in [6.07, 6.45) is 2.69. The van der Waals surface area contributed by atoms with Crippen LogP contribution in [-0.2, 0) is 28.7 Å². The molecule has 1 aliphatic carbocycles. The van der Waals surface area contributed by atoms with Crippen molar-refractivity contribution in [2.75, 3.05) is 32.3 Å². The van der Waals surface area contributed by atoms with Crippen molar-refractivity contribution in [3.63, 3.8) is 0 Å². The number of hydrogen-bond donors (Lipinski definition) is 5. The van der Waals surface area contributed by atoms with Crippen LogP contribution in [0.2, 0.25) is 0 Å². The number of methoxy groups -OCH3 is 2. The smallest absolute Gasteiger partial charge is 0.322 e. The molecule has 13 nitrogen and oxygen atoms in total. The van der Waals surface area contributed by atoms with Gasteiger partial charge in [0.1, 0.15) is 35.7 Å². The summed E-state index contributed by atoms with van der Waals surface area (Å²) >= 11 is 1.40. The Balaban J connectivity index is 1.70. The van der Waals surface area contributed by atoms with E-state index in [9.17, 15) is 24.0 Å². The summed E-state index contributed by atoms with van der Waals surface area (Å²) in [6, 6.07) is 3.31. The monoisotopic (exact) mass is 651 g/mol. The van der Waals surface area contributed by atoms with E-state index in [1.54, 1.807) is 20.3 Å².